The van der Waals surface area contributed by atoms with E-state index in [-0.39, 0.29) is 11.4 Å². The zero-order chi connectivity index (χ0) is 21.7. The Balaban J connectivity index is 1.74. The molecule has 0 unspecified atom stereocenters. The predicted molar refractivity (Wildman–Crippen MR) is 110 cm³/mol. The van der Waals surface area contributed by atoms with Crippen LogP contribution in [0.5, 0.6) is 11.5 Å². The number of hydrogen-bond donors (Lipinski definition) is 2. The molecule has 0 aliphatic heterocycles. The Kier molecular flexibility index (Phi) is 6.06. The lowest BCUT2D eigenvalue weighted by molar-refractivity contribution is -0.384. The van der Waals surface area contributed by atoms with E-state index in [2.05, 4.69) is 20.7 Å². The fourth-order valence-corrected chi connectivity index (χ4v) is 2.69. The average Bonchev–Trinajstić information content (AvgIpc) is 3.27. The van der Waals surface area contributed by atoms with Crippen LogP contribution in [-0.2, 0) is 0 Å². The molecule has 0 spiro atoms. The second kappa shape index (κ2) is 8.86. The van der Waals surface area contributed by atoms with Crippen LogP contribution in [-0.4, -0.2) is 41.0 Å². The fraction of sp³-hybridized carbons (Fsp3) is 0.150. The zero-order valence-electron chi connectivity index (χ0n) is 16.5. The third-order valence-corrected chi connectivity index (χ3v) is 4.30. The van der Waals surface area contributed by atoms with Gasteiger partial charge in [-0.25, -0.2) is 5.43 Å². The summed E-state index contributed by atoms with van der Waals surface area (Å²) in [5, 5.41) is 21.7. The minimum atomic E-state index is -0.501. The molecule has 2 N–H and O–H groups in total. The Labute approximate surface area is 171 Å². The lowest BCUT2D eigenvalue weighted by Gasteiger charge is -2.09. The molecule has 0 atom stereocenters. The molecule has 0 fully saturated rings. The lowest BCUT2D eigenvalue weighted by atomic mass is 10.1. The first-order valence-electron chi connectivity index (χ1n) is 8.80. The smallest absolute Gasteiger partial charge is 0.289 e. The monoisotopic (exact) mass is 409 g/mol. The minimum absolute atomic E-state index is 0.0587. The van der Waals surface area contributed by atoms with E-state index in [1.165, 1.54) is 25.3 Å². The van der Waals surface area contributed by atoms with Crippen molar-refractivity contribution in [3.8, 4) is 22.8 Å². The van der Waals surface area contributed by atoms with Gasteiger partial charge in [-0.3, -0.25) is 20.0 Å². The molecule has 0 bridgehead atoms. The number of ether oxygens (including phenoxy) is 2. The number of hydrogen-bond acceptors (Lipinski definition) is 7. The van der Waals surface area contributed by atoms with Gasteiger partial charge in [0.2, 0.25) is 0 Å². The molecule has 1 aromatic heterocycles. The van der Waals surface area contributed by atoms with Crippen molar-refractivity contribution in [2.24, 2.45) is 5.10 Å². The number of nitro benzene ring substituents is 1. The number of methoxy groups -OCH3 is 2. The molecule has 0 saturated heterocycles. The molecule has 2 aromatic carbocycles. The molecule has 10 heteroatoms. The van der Waals surface area contributed by atoms with Crippen LogP contribution < -0.4 is 14.9 Å². The number of nitrogens with zero attached hydrogens (tertiary/aromatic N) is 3. The molecule has 10 nitrogen and oxygen atoms in total. The number of nitrogens with one attached hydrogen (secondary N) is 2. The topological polar surface area (TPSA) is 132 Å². The molecule has 0 aliphatic rings. The SMILES string of the molecule is COc1ccc(C(C)=NNC(=O)c2cc(-c3cccc([N+](=O)[O-])c3)n[nH]2)cc1OC. The summed E-state index contributed by atoms with van der Waals surface area (Å²) in [5.41, 5.74) is 4.79. The van der Waals surface area contributed by atoms with E-state index < -0.39 is 10.8 Å². The van der Waals surface area contributed by atoms with E-state index in [4.69, 9.17) is 9.47 Å². The highest BCUT2D eigenvalue weighted by Gasteiger charge is 2.14. The van der Waals surface area contributed by atoms with Crippen LogP contribution in [0.1, 0.15) is 23.0 Å². The Morgan fingerprint density at radius 2 is 1.90 bits per heavy atom. The van der Waals surface area contributed by atoms with E-state index in [1.807, 2.05) is 0 Å². The number of aromatic nitrogens is 2. The van der Waals surface area contributed by atoms with Gasteiger partial charge in [0, 0.05) is 23.3 Å². The first kappa shape index (κ1) is 20.5. The highest BCUT2D eigenvalue weighted by atomic mass is 16.6. The number of benzene rings is 2. The van der Waals surface area contributed by atoms with Gasteiger partial charge in [0.25, 0.3) is 11.6 Å². The van der Waals surface area contributed by atoms with Crippen molar-refractivity contribution in [1.82, 2.24) is 15.6 Å². The number of carbonyl (C=O) groups excluding carboxylic acids is 1. The van der Waals surface area contributed by atoms with Crippen molar-refractivity contribution in [3.63, 3.8) is 0 Å². The van der Waals surface area contributed by atoms with E-state index >= 15 is 0 Å². The van der Waals surface area contributed by atoms with E-state index in [0.717, 1.165) is 5.56 Å². The molecule has 30 heavy (non-hydrogen) atoms. The second-order valence-corrected chi connectivity index (χ2v) is 6.18. The lowest BCUT2D eigenvalue weighted by Crippen LogP contribution is -2.19. The maximum absolute atomic E-state index is 12.4. The third-order valence-electron chi connectivity index (χ3n) is 4.30. The van der Waals surface area contributed by atoms with Crippen LogP contribution in [0.15, 0.2) is 53.6 Å². The van der Waals surface area contributed by atoms with Gasteiger partial charge in [0.1, 0.15) is 5.69 Å². The average molecular weight is 409 g/mol. The summed E-state index contributed by atoms with van der Waals surface area (Å²) in [6.45, 7) is 1.74. The quantitative estimate of drug-likeness (QED) is 0.350. The number of rotatable bonds is 7. The van der Waals surface area contributed by atoms with E-state index in [9.17, 15) is 14.9 Å². The molecule has 3 aromatic rings. The summed E-state index contributed by atoms with van der Waals surface area (Å²) < 4.78 is 10.5. The Morgan fingerprint density at radius 3 is 2.60 bits per heavy atom. The summed E-state index contributed by atoms with van der Waals surface area (Å²) in [6.07, 6.45) is 0. The van der Waals surface area contributed by atoms with Crippen molar-refractivity contribution in [3.05, 3.63) is 69.9 Å². The van der Waals surface area contributed by atoms with Gasteiger partial charge in [0.05, 0.1) is 30.5 Å². The van der Waals surface area contributed by atoms with Crippen molar-refractivity contribution in [1.29, 1.82) is 0 Å². The maximum Gasteiger partial charge on any atom is 0.289 e. The predicted octanol–water partition coefficient (Wildman–Crippen LogP) is 3.16. The van der Waals surface area contributed by atoms with Gasteiger partial charge in [0.15, 0.2) is 11.5 Å². The Morgan fingerprint density at radius 1 is 1.13 bits per heavy atom. The van der Waals surface area contributed by atoms with Gasteiger partial charge < -0.3 is 9.47 Å². The molecule has 154 valence electrons. The van der Waals surface area contributed by atoms with E-state index in [1.54, 1.807) is 44.4 Å². The van der Waals surface area contributed by atoms with Crippen LogP contribution in [0.25, 0.3) is 11.3 Å². The van der Waals surface area contributed by atoms with Crippen LogP contribution in [0.4, 0.5) is 5.69 Å². The summed E-state index contributed by atoms with van der Waals surface area (Å²) >= 11 is 0. The second-order valence-electron chi connectivity index (χ2n) is 6.18. The standard InChI is InChI=1S/C20H19N5O5/c1-12(13-7-8-18(29-2)19(10-13)30-3)21-24-20(26)17-11-16(22-23-17)14-5-4-6-15(9-14)25(27)28/h4-11H,1-3H3,(H,22,23)(H,24,26). The van der Waals surface area contributed by atoms with Crippen molar-refractivity contribution in [2.75, 3.05) is 14.2 Å². The summed E-state index contributed by atoms with van der Waals surface area (Å²) in [7, 11) is 3.08. The fourth-order valence-electron chi connectivity index (χ4n) is 2.69. The van der Waals surface area contributed by atoms with Gasteiger partial charge in [-0.2, -0.15) is 10.2 Å². The van der Waals surface area contributed by atoms with Crippen LogP contribution in [0.3, 0.4) is 0 Å². The first-order valence-corrected chi connectivity index (χ1v) is 8.80. The molecule has 1 amide bonds. The van der Waals surface area contributed by atoms with Crippen molar-refractivity contribution < 1.29 is 19.2 Å². The largest absolute Gasteiger partial charge is 0.493 e. The van der Waals surface area contributed by atoms with Crippen LogP contribution in [0, 0.1) is 10.1 Å². The number of aromatic amines is 1. The van der Waals surface area contributed by atoms with Gasteiger partial charge >= 0.3 is 0 Å². The summed E-state index contributed by atoms with van der Waals surface area (Å²) in [5.74, 6) is 0.634. The third kappa shape index (κ3) is 4.43. The Hall–Kier alpha value is -4.21. The van der Waals surface area contributed by atoms with Gasteiger partial charge in [-0.1, -0.05) is 12.1 Å². The summed E-state index contributed by atoms with van der Waals surface area (Å²) in [6, 6.07) is 12.8. The molecule has 0 radical (unpaired) electrons. The van der Waals surface area contributed by atoms with Gasteiger partial charge in [-0.05, 0) is 31.2 Å². The number of carbonyl (C=O) groups is 1. The molecule has 3 rings (SSSR count). The molecule has 0 aliphatic carbocycles. The normalized spacial score (nSPS) is 11.1. The van der Waals surface area contributed by atoms with Gasteiger partial charge in [-0.15, -0.1) is 0 Å². The molecule has 0 saturated carbocycles. The number of nitro groups is 1. The highest BCUT2D eigenvalue weighted by Crippen LogP contribution is 2.27. The van der Waals surface area contributed by atoms with Crippen molar-refractivity contribution >= 4 is 17.3 Å². The number of hydrazone groups is 1. The summed E-state index contributed by atoms with van der Waals surface area (Å²) in [4.78, 5) is 22.8. The molecular formula is C20H19N5O5. The number of amides is 1. The molecule has 1 heterocycles. The number of H-pyrrole nitrogens is 1. The first-order chi connectivity index (χ1) is 14.4. The number of non-ortho nitro benzene ring substituents is 1. The van der Waals surface area contributed by atoms with E-state index in [0.29, 0.717) is 28.5 Å². The zero-order valence-corrected chi connectivity index (χ0v) is 16.5. The minimum Gasteiger partial charge on any atom is -0.493 e. The maximum atomic E-state index is 12.4. The van der Waals surface area contributed by atoms with Crippen molar-refractivity contribution in [2.45, 2.75) is 6.92 Å². The van der Waals surface area contributed by atoms with Crippen LogP contribution in [0.2, 0.25) is 0 Å². The highest BCUT2D eigenvalue weighted by molar-refractivity contribution is 6.01. The van der Waals surface area contributed by atoms with Crippen LogP contribution >= 0.6 is 0 Å². The Bertz CT molecular complexity index is 1120. The molecular weight excluding hydrogens is 390 g/mol.